The van der Waals surface area contributed by atoms with Gasteiger partial charge >= 0.3 is 0 Å². The molecule has 0 bridgehead atoms. The minimum Gasteiger partial charge on any atom is -0.411 e. The second-order valence-electron chi connectivity index (χ2n) is 7.40. The van der Waals surface area contributed by atoms with Crippen molar-refractivity contribution in [2.75, 3.05) is 12.3 Å². The second kappa shape index (κ2) is 9.76. The van der Waals surface area contributed by atoms with Crippen molar-refractivity contribution in [3.63, 3.8) is 0 Å². The first-order chi connectivity index (χ1) is 12.4. The predicted octanol–water partition coefficient (Wildman–Crippen LogP) is 4.82. The smallest absolute Gasteiger partial charge is 0.277 e. The van der Waals surface area contributed by atoms with E-state index >= 15 is 0 Å². The van der Waals surface area contributed by atoms with E-state index in [4.69, 9.17) is 4.42 Å². The lowest BCUT2D eigenvalue weighted by Gasteiger charge is -2.18. The van der Waals surface area contributed by atoms with Gasteiger partial charge in [0, 0.05) is 12.1 Å². The molecule has 5 nitrogen and oxygen atoms in total. The van der Waals surface area contributed by atoms with E-state index in [1.165, 1.54) is 30.2 Å². The molecule has 0 atom stereocenters. The number of amides is 1. The van der Waals surface area contributed by atoms with Gasteiger partial charge in [0.1, 0.15) is 0 Å². The Bertz CT molecular complexity index is 690. The number of rotatable bonds is 9. The van der Waals surface area contributed by atoms with Gasteiger partial charge in [-0.2, -0.15) is 0 Å². The van der Waals surface area contributed by atoms with Crippen molar-refractivity contribution in [2.24, 2.45) is 0 Å². The van der Waals surface area contributed by atoms with Crippen molar-refractivity contribution < 1.29 is 9.21 Å². The third-order valence-electron chi connectivity index (χ3n) is 4.08. The molecule has 0 aliphatic heterocycles. The monoisotopic (exact) mass is 375 g/mol. The fourth-order valence-electron chi connectivity index (χ4n) is 2.46. The maximum Gasteiger partial charge on any atom is 0.277 e. The molecule has 1 amide bonds. The van der Waals surface area contributed by atoms with Crippen LogP contribution in [0.25, 0.3) is 11.5 Å². The highest BCUT2D eigenvalue weighted by molar-refractivity contribution is 7.99. The van der Waals surface area contributed by atoms with Gasteiger partial charge in [0.05, 0.1) is 5.75 Å². The number of hydrogen-bond donors (Lipinski definition) is 1. The van der Waals surface area contributed by atoms with Crippen LogP contribution >= 0.6 is 11.8 Å². The molecule has 0 spiro atoms. The van der Waals surface area contributed by atoms with Crippen LogP contribution in [-0.4, -0.2) is 28.4 Å². The SMILES string of the molecule is CCCCCCNC(=O)CSc1nnc(-c2ccc(C(C)(C)C)cc2)o1. The van der Waals surface area contributed by atoms with E-state index in [1.807, 2.05) is 12.1 Å². The first-order valence-corrected chi connectivity index (χ1v) is 10.2. The minimum atomic E-state index is 0.000721. The molecule has 0 saturated heterocycles. The molecule has 1 heterocycles. The molecule has 6 heteroatoms. The lowest BCUT2D eigenvalue weighted by atomic mass is 9.87. The maximum atomic E-state index is 11.8. The van der Waals surface area contributed by atoms with Gasteiger partial charge in [0.2, 0.25) is 11.8 Å². The van der Waals surface area contributed by atoms with Crippen LogP contribution in [0.4, 0.5) is 0 Å². The second-order valence-corrected chi connectivity index (χ2v) is 8.33. The number of nitrogens with zero attached hydrogens (tertiary/aromatic N) is 2. The van der Waals surface area contributed by atoms with Crippen molar-refractivity contribution in [1.82, 2.24) is 15.5 Å². The number of benzene rings is 1. The summed E-state index contributed by atoms with van der Waals surface area (Å²) in [6.07, 6.45) is 4.60. The molecule has 2 aromatic rings. The van der Waals surface area contributed by atoms with E-state index in [0.29, 0.717) is 16.9 Å². The Morgan fingerprint density at radius 2 is 1.85 bits per heavy atom. The maximum absolute atomic E-state index is 11.8. The lowest BCUT2D eigenvalue weighted by molar-refractivity contribution is -0.118. The Hall–Kier alpha value is -1.82. The summed E-state index contributed by atoms with van der Waals surface area (Å²) < 4.78 is 5.66. The highest BCUT2D eigenvalue weighted by atomic mass is 32.2. The van der Waals surface area contributed by atoms with Gasteiger partial charge in [0.25, 0.3) is 5.22 Å². The summed E-state index contributed by atoms with van der Waals surface area (Å²) in [6, 6.07) is 8.15. The van der Waals surface area contributed by atoms with E-state index in [-0.39, 0.29) is 11.3 Å². The molecule has 0 radical (unpaired) electrons. The van der Waals surface area contributed by atoms with Crippen LogP contribution in [-0.2, 0) is 10.2 Å². The van der Waals surface area contributed by atoms with Crippen LogP contribution in [0.3, 0.4) is 0 Å². The summed E-state index contributed by atoms with van der Waals surface area (Å²) >= 11 is 1.27. The van der Waals surface area contributed by atoms with Crippen molar-refractivity contribution in [3.8, 4) is 11.5 Å². The molecule has 2 rings (SSSR count). The molecule has 1 aromatic carbocycles. The fraction of sp³-hybridized carbons (Fsp3) is 0.550. The number of unbranched alkanes of at least 4 members (excludes halogenated alkanes) is 3. The van der Waals surface area contributed by atoms with Crippen molar-refractivity contribution in [2.45, 2.75) is 64.0 Å². The Labute approximate surface area is 160 Å². The molecule has 142 valence electrons. The van der Waals surface area contributed by atoms with Crippen LogP contribution in [0.1, 0.15) is 58.9 Å². The molecule has 0 aliphatic rings. The summed E-state index contributed by atoms with van der Waals surface area (Å²) in [5.41, 5.74) is 2.25. The zero-order valence-corrected chi connectivity index (χ0v) is 17.0. The van der Waals surface area contributed by atoms with Crippen molar-refractivity contribution in [1.29, 1.82) is 0 Å². The zero-order valence-electron chi connectivity index (χ0n) is 16.2. The topological polar surface area (TPSA) is 68.0 Å². The van der Waals surface area contributed by atoms with Gasteiger partial charge in [-0.05, 0) is 29.5 Å². The highest BCUT2D eigenvalue weighted by Gasteiger charge is 2.15. The average Bonchev–Trinajstić information content (AvgIpc) is 3.08. The summed E-state index contributed by atoms with van der Waals surface area (Å²) in [4.78, 5) is 11.8. The van der Waals surface area contributed by atoms with Crippen molar-refractivity contribution >= 4 is 17.7 Å². The Morgan fingerprint density at radius 1 is 1.12 bits per heavy atom. The van der Waals surface area contributed by atoms with Gasteiger partial charge < -0.3 is 9.73 Å². The number of carbonyl (C=O) groups excluding carboxylic acids is 1. The molecule has 1 N–H and O–H groups in total. The van der Waals surface area contributed by atoms with Crippen molar-refractivity contribution in [3.05, 3.63) is 29.8 Å². The van der Waals surface area contributed by atoms with E-state index in [0.717, 1.165) is 24.9 Å². The normalized spacial score (nSPS) is 11.5. The third-order valence-corrected chi connectivity index (χ3v) is 4.90. The van der Waals surface area contributed by atoms with Gasteiger partial charge in [-0.1, -0.05) is 70.9 Å². The first kappa shape index (κ1) is 20.5. The van der Waals surface area contributed by atoms with Crippen LogP contribution < -0.4 is 5.32 Å². The average molecular weight is 376 g/mol. The molecular formula is C20H29N3O2S. The highest BCUT2D eigenvalue weighted by Crippen LogP contribution is 2.27. The summed E-state index contributed by atoms with van der Waals surface area (Å²) in [7, 11) is 0. The lowest BCUT2D eigenvalue weighted by Crippen LogP contribution is -2.26. The molecule has 26 heavy (non-hydrogen) atoms. The largest absolute Gasteiger partial charge is 0.411 e. The van der Waals surface area contributed by atoms with Crippen LogP contribution in [0.15, 0.2) is 33.9 Å². The molecule has 1 aromatic heterocycles. The Balaban J connectivity index is 1.81. The van der Waals surface area contributed by atoms with E-state index < -0.39 is 0 Å². The number of hydrogen-bond acceptors (Lipinski definition) is 5. The van der Waals surface area contributed by atoms with Crippen LogP contribution in [0, 0.1) is 0 Å². The summed E-state index contributed by atoms with van der Waals surface area (Å²) in [5.74, 6) is 0.770. The predicted molar refractivity (Wildman–Crippen MR) is 106 cm³/mol. The molecular weight excluding hydrogens is 346 g/mol. The fourth-order valence-corrected chi connectivity index (χ4v) is 3.05. The standard InChI is InChI=1S/C20H29N3O2S/c1-5-6-7-8-13-21-17(24)14-26-19-23-22-18(25-19)15-9-11-16(12-10-15)20(2,3)4/h9-12H,5-8,13-14H2,1-4H3,(H,21,24). The van der Waals surface area contributed by atoms with Gasteiger partial charge in [-0.15, -0.1) is 10.2 Å². The Kier molecular flexibility index (Phi) is 7.69. The molecule has 0 unspecified atom stereocenters. The van der Waals surface area contributed by atoms with Gasteiger partial charge in [-0.3, -0.25) is 4.79 Å². The zero-order chi connectivity index (χ0) is 19.0. The van der Waals surface area contributed by atoms with Gasteiger partial charge in [-0.25, -0.2) is 0 Å². The molecule has 0 saturated carbocycles. The van der Waals surface area contributed by atoms with Crippen LogP contribution in [0.5, 0.6) is 0 Å². The Morgan fingerprint density at radius 3 is 2.50 bits per heavy atom. The van der Waals surface area contributed by atoms with Gasteiger partial charge in [0.15, 0.2) is 0 Å². The minimum absolute atomic E-state index is 0.000721. The summed E-state index contributed by atoms with van der Waals surface area (Å²) in [6.45, 7) is 9.44. The molecule has 0 aliphatic carbocycles. The third kappa shape index (κ3) is 6.48. The quantitative estimate of drug-likeness (QED) is 0.502. The van der Waals surface area contributed by atoms with E-state index in [2.05, 4.69) is 55.3 Å². The molecule has 0 fully saturated rings. The number of carbonyl (C=O) groups is 1. The number of aromatic nitrogens is 2. The number of nitrogens with one attached hydrogen (secondary N) is 1. The summed E-state index contributed by atoms with van der Waals surface area (Å²) in [5, 5.41) is 11.4. The van der Waals surface area contributed by atoms with E-state index in [1.54, 1.807) is 0 Å². The first-order valence-electron chi connectivity index (χ1n) is 9.24. The number of thioether (sulfide) groups is 1. The van der Waals surface area contributed by atoms with Crippen LogP contribution in [0.2, 0.25) is 0 Å². The van der Waals surface area contributed by atoms with E-state index in [9.17, 15) is 4.79 Å².